The van der Waals surface area contributed by atoms with Gasteiger partial charge in [0.2, 0.25) is 5.91 Å². The Kier molecular flexibility index (Phi) is 4.70. The summed E-state index contributed by atoms with van der Waals surface area (Å²) in [5.74, 6) is -1.57. The molecule has 1 aliphatic heterocycles. The van der Waals surface area contributed by atoms with E-state index in [-0.39, 0.29) is 30.9 Å². The molecule has 0 saturated carbocycles. The number of nitrogens with one attached hydrogen (secondary N) is 1. The Morgan fingerprint density at radius 3 is 2.75 bits per heavy atom. The molecular formula is C10H17NO5. The van der Waals surface area contributed by atoms with Crippen molar-refractivity contribution >= 4 is 11.9 Å². The van der Waals surface area contributed by atoms with Crippen LogP contribution >= 0.6 is 0 Å². The summed E-state index contributed by atoms with van der Waals surface area (Å²) in [7, 11) is 0. The molecule has 0 aromatic heterocycles. The topological polar surface area (TPSA) is 95.9 Å². The van der Waals surface area contributed by atoms with Crippen LogP contribution in [0.15, 0.2) is 0 Å². The van der Waals surface area contributed by atoms with E-state index in [4.69, 9.17) is 14.9 Å². The second kappa shape index (κ2) is 5.81. The summed E-state index contributed by atoms with van der Waals surface area (Å²) in [5.41, 5.74) is 0. The first kappa shape index (κ1) is 12.9. The Balaban J connectivity index is 2.22. The van der Waals surface area contributed by atoms with Crippen LogP contribution in [0.3, 0.4) is 0 Å². The second-order valence-corrected chi connectivity index (χ2v) is 3.90. The van der Waals surface area contributed by atoms with Crippen LogP contribution in [0.5, 0.6) is 0 Å². The van der Waals surface area contributed by atoms with Crippen LogP contribution < -0.4 is 5.32 Å². The lowest BCUT2D eigenvalue weighted by Crippen LogP contribution is -2.36. The van der Waals surface area contributed by atoms with E-state index in [1.54, 1.807) is 0 Å². The van der Waals surface area contributed by atoms with Gasteiger partial charge in [-0.25, -0.2) is 4.79 Å². The number of ether oxygens (including phenoxy) is 1. The summed E-state index contributed by atoms with van der Waals surface area (Å²) in [5, 5.41) is 20.0. The van der Waals surface area contributed by atoms with Gasteiger partial charge in [0.05, 0.1) is 12.0 Å². The number of carboxylic acids is 1. The van der Waals surface area contributed by atoms with Crippen molar-refractivity contribution in [3.8, 4) is 0 Å². The van der Waals surface area contributed by atoms with E-state index in [9.17, 15) is 9.59 Å². The highest BCUT2D eigenvalue weighted by Gasteiger charge is 2.30. The molecule has 1 rings (SSSR count). The first-order chi connectivity index (χ1) is 7.52. The number of carboxylic acid groups (broad SMARTS) is 1. The van der Waals surface area contributed by atoms with E-state index >= 15 is 0 Å². The predicted molar refractivity (Wildman–Crippen MR) is 54.8 cm³/mol. The van der Waals surface area contributed by atoms with Crippen LogP contribution in [0.4, 0.5) is 0 Å². The van der Waals surface area contributed by atoms with Gasteiger partial charge < -0.3 is 20.3 Å². The molecule has 16 heavy (non-hydrogen) atoms. The van der Waals surface area contributed by atoms with Crippen LogP contribution in [0.1, 0.15) is 19.8 Å². The number of amides is 1. The van der Waals surface area contributed by atoms with Gasteiger partial charge in [0.15, 0.2) is 6.10 Å². The van der Waals surface area contributed by atoms with E-state index in [1.807, 2.05) is 6.92 Å². The SMILES string of the molecule is CC1OCCC1C(=O)NCC[C@H](O)C(=O)O. The monoisotopic (exact) mass is 231 g/mol. The zero-order valence-corrected chi connectivity index (χ0v) is 9.18. The lowest BCUT2D eigenvalue weighted by Gasteiger charge is -2.14. The van der Waals surface area contributed by atoms with Gasteiger partial charge in [-0.05, 0) is 13.3 Å². The summed E-state index contributed by atoms with van der Waals surface area (Å²) in [6.07, 6.45) is -0.806. The smallest absolute Gasteiger partial charge is 0.332 e. The molecule has 6 heteroatoms. The minimum Gasteiger partial charge on any atom is -0.479 e. The third kappa shape index (κ3) is 3.46. The van der Waals surface area contributed by atoms with Crippen molar-refractivity contribution < 1.29 is 24.5 Å². The summed E-state index contributed by atoms with van der Waals surface area (Å²) < 4.78 is 5.25. The first-order valence-electron chi connectivity index (χ1n) is 5.32. The Morgan fingerprint density at radius 1 is 1.56 bits per heavy atom. The molecule has 0 spiro atoms. The largest absolute Gasteiger partial charge is 0.479 e. The fraction of sp³-hybridized carbons (Fsp3) is 0.800. The fourth-order valence-electron chi connectivity index (χ4n) is 1.66. The van der Waals surface area contributed by atoms with Crippen LogP contribution in [-0.2, 0) is 14.3 Å². The molecule has 3 atom stereocenters. The zero-order chi connectivity index (χ0) is 12.1. The number of carbonyl (C=O) groups excluding carboxylic acids is 1. The van der Waals surface area contributed by atoms with Crippen molar-refractivity contribution in [2.24, 2.45) is 5.92 Å². The highest BCUT2D eigenvalue weighted by atomic mass is 16.5. The van der Waals surface area contributed by atoms with Gasteiger partial charge in [-0.15, -0.1) is 0 Å². The third-order valence-electron chi connectivity index (χ3n) is 2.72. The molecule has 1 fully saturated rings. The van der Waals surface area contributed by atoms with Crippen molar-refractivity contribution in [1.29, 1.82) is 0 Å². The average Bonchev–Trinajstić information content (AvgIpc) is 2.64. The van der Waals surface area contributed by atoms with E-state index in [1.165, 1.54) is 0 Å². The molecule has 0 aromatic carbocycles. The number of hydrogen-bond acceptors (Lipinski definition) is 4. The van der Waals surface area contributed by atoms with Crippen molar-refractivity contribution in [3.05, 3.63) is 0 Å². The Labute approximate surface area is 93.6 Å². The molecule has 92 valence electrons. The van der Waals surface area contributed by atoms with E-state index in [0.717, 1.165) is 0 Å². The highest BCUT2D eigenvalue weighted by Crippen LogP contribution is 2.20. The third-order valence-corrected chi connectivity index (χ3v) is 2.72. The van der Waals surface area contributed by atoms with Gasteiger partial charge in [-0.3, -0.25) is 4.79 Å². The average molecular weight is 231 g/mol. The van der Waals surface area contributed by atoms with Crippen molar-refractivity contribution in [2.75, 3.05) is 13.2 Å². The number of rotatable bonds is 5. The maximum Gasteiger partial charge on any atom is 0.332 e. The summed E-state index contributed by atoms with van der Waals surface area (Å²) in [6.45, 7) is 2.58. The van der Waals surface area contributed by atoms with Crippen molar-refractivity contribution in [2.45, 2.75) is 32.0 Å². The number of carbonyl (C=O) groups is 2. The van der Waals surface area contributed by atoms with E-state index in [2.05, 4.69) is 5.32 Å². The first-order valence-corrected chi connectivity index (χ1v) is 5.32. The second-order valence-electron chi connectivity index (χ2n) is 3.90. The number of aliphatic carboxylic acids is 1. The molecule has 1 aliphatic rings. The van der Waals surface area contributed by atoms with Gasteiger partial charge in [-0.2, -0.15) is 0 Å². The quantitative estimate of drug-likeness (QED) is 0.585. The van der Waals surface area contributed by atoms with Gasteiger partial charge >= 0.3 is 5.97 Å². The summed E-state index contributed by atoms with van der Waals surface area (Å²) in [4.78, 5) is 21.9. The molecule has 2 unspecified atom stereocenters. The Bertz CT molecular complexity index is 268. The summed E-state index contributed by atoms with van der Waals surface area (Å²) >= 11 is 0. The standard InChI is InChI=1S/C10H17NO5/c1-6-7(3-5-16-6)9(13)11-4-2-8(12)10(14)15/h6-8,12H,2-5H2,1H3,(H,11,13)(H,14,15)/t6?,7?,8-/m0/s1. The Morgan fingerprint density at radius 2 is 2.25 bits per heavy atom. The van der Waals surface area contributed by atoms with Crippen molar-refractivity contribution in [3.63, 3.8) is 0 Å². The van der Waals surface area contributed by atoms with Gasteiger partial charge in [0, 0.05) is 19.6 Å². The number of hydrogen-bond donors (Lipinski definition) is 3. The maximum absolute atomic E-state index is 11.6. The van der Waals surface area contributed by atoms with E-state index in [0.29, 0.717) is 13.0 Å². The lowest BCUT2D eigenvalue weighted by molar-refractivity contribution is -0.147. The van der Waals surface area contributed by atoms with Crippen LogP contribution in [0.2, 0.25) is 0 Å². The van der Waals surface area contributed by atoms with Gasteiger partial charge in [0.25, 0.3) is 0 Å². The molecular weight excluding hydrogens is 214 g/mol. The molecule has 0 aromatic rings. The predicted octanol–water partition coefficient (Wildman–Crippen LogP) is -0.637. The molecule has 1 heterocycles. The Hall–Kier alpha value is -1.14. The molecule has 1 saturated heterocycles. The number of aliphatic hydroxyl groups is 1. The summed E-state index contributed by atoms with van der Waals surface area (Å²) in [6, 6.07) is 0. The minimum absolute atomic E-state index is 0.0169. The fourth-order valence-corrected chi connectivity index (χ4v) is 1.66. The lowest BCUT2D eigenvalue weighted by atomic mass is 10.0. The van der Waals surface area contributed by atoms with Gasteiger partial charge in [-0.1, -0.05) is 0 Å². The molecule has 1 amide bonds. The number of aliphatic hydroxyl groups excluding tert-OH is 1. The maximum atomic E-state index is 11.6. The highest BCUT2D eigenvalue weighted by molar-refractivity contribution is 5.79. The molecule has 0 aliphatic carbocycles. The normalized spacial score (nSPS) is 26.4. The van der Waals surface area contributed by atoms with Gasteiger partial charge in [0.1, 0.15) is 0 Å². The van der Waals surface area contributed by atoms with Crippen LogP contribution in [-0.4, -0.2) is 47.4 Å². The minimum atomic E-state index is -1.42. The van der Waals surface area contributed by atoms with Crippen molar-refractivity contribution in [1.82, 2.24) is 5.32 Å². The molecule has 6 nitrogen and oxygen atoms in total. The van der Waals surface area contributed by atoms with Crippen LogP contribution in [0.25, 0.3) is 0 Å². The van der Waals surface area contributed by atoms with E-state index < -0.39 is 12.1 Å². The van der Waals surface area contributed by atoms with Crippen LogP contribution in [0, 0.1) is 5.92 Å². The molecule has 0 bridgehead atoms. The molecule has 0 radical (unpaired) electrons. The zero-order valence-electron chi connectivity index (χ0n) is 9.18. The molecule has 3 N–H and O–H groups in total.